The molecule has 0 aliphatic rings. The molecule has 1 N–H and O–H groups in total. The minimum Gasteiger partial charge on any atom is -0.338 e. The summed E-state index contributed by atoms with van der Waals surface area (Å²) < 4.78 is 1.98. The summed E-state index contributed by atoms with van der Waals surface area (Å²) in [4.78, 5) is 11.9. The second-order valence-corrected chi connectivity index (χ2v) is 5.47. The summed E-state index contributed by atoms with van der Waals surface area (Å²) in [5, 5.41) is 0. The predicted octanol–water partition coefficient (Wildman–Crippen LogP) is 4.15. The average molecular weight is 353 g/mol. The number of halogens is 2. The van der Waals surface area contributed by atoms with Crippen LogP contribution < -0.4 is 0 Å². The van der Waals surface area contributed by atoms with Crippen molar-refractivity contribution in [3.63, 3.8) is 0 Å². The number of nitrogens with zero attached hydrogens (tertiary/aromatic N) is 2. The Balaban J connectivity index is 2.18. The van der Waals surface area contributed by atoms with Gasteiger partial charge in [0.2, 0.25) is 0 Å². The number of H-pyrrole nitrogens is 1. The van der Waals surface area contributed by atoms with Crippen molar-refractivity contribution in [3.8, 4) is 11.4 Å². The maximum absolute atomic E-state index is 4.53. The quantitative estimate of drug-likeness (QED) is 0.714. The molecule has 3 nitrogen and oxygen atoms in total. The molecule has 0 bridgehead atoms. The molecule has 0 spiro atoms. The van der Waals surface area contributed by atoms with Crippen LogP contribution in [0.25, 0.3) is 22.4 Å². The number of aromatic nitrogens is 3. The largest absolute Gasteiger partial charge is 0.338 e. The zero-order valence-electron chi connectivity index (χ0n) is 8.61. The minimum atomic E-state index is 0.826. The number of pyridine rings is 1. The Kier molecular flexibility index (Phi) is 2.72. The summed E-state index contributed by atoms with van der Waals surface area (Å²) in [5.41, 5.74) is 2.92. The van der Waals surface area contributed by atoms with E-state index >= 15 is 0 Å². The Hall–Kier alpha value is -1.20. The van der Waals surface area contributed by atoms with Gasteiger partial charge in [-0.3, -0.25) is 4.98 Å². The Morgan fingerprint density at radius 3 is 2.71 bits per heavy atom. The van der Waals surface area contributed by atoms with E-state index in [1.807, 2.05) is 24.3 Å². The molecule has 2 aromatic heterocycles. The van der Waals surface area contributed by atoms with Crippen molar-refractivity contribution in [2.45, 2.75) is 0 Å². The number of imidazole rings is 1. The van der Waals surface area contributed by atoms with Crippen LogP contribution >= 0.6 is 31.9 Å². The third kappa shape index (κ3) is 2.12. The van der Waals surface area contributed by atoms with Gasteiger partial charge in [0, 0.05) is 26.9 Å². The highest BCUT2D eigenvalue weighted by molar-refractivity contribution is 9.10. The lowest BCUT2D eigenvalue weighted by Gasteiger charge is -1.95. The third-order valence-corrected chi connectivity index (χ3v) is 3.35. The zero-order valence-corrected chi connectivity index (χ0v) is 11.8. The van der Waals surface area contributed by atoms with Crippen LogP contribution in [0, 0.1) is 0 Å². The molecule has 3 rings (SSSR count). The second-order valence-electron chi connectivity index (χ2n) is 3.64. The first kappa shape index (κ1) is 10.9. The van der Waals surface area contributed by atoms with Crippen LogP contribution in [0.3, 0.4) is 0 Å². The van der Waals surface area contributed by atoms with Gasteiger partial charge in [-0.05, 0) is 40.2 Å². The van der Waals surface area contributed by atoms with E-state index < -0.39 is 0 Å². The van der Waals surface area contributed by atoms with Crippen molar-refractivity contribution in [3.05, 3.63) is 45.6 Å². The van der Waals surface area contributed by atoms with E-state index in [1.165, 1.54) is 0 Å². The number of hydrogen-bond acceptors (Lipinski definition) is 2. The maximum atomic E-state index is 4.53. The molecule has 17 heavy (non-hydrogen) atoms. The van der Waals surface area contributed by atoms with Gasteiger partial charge in [-0.2, -0.15) is 0 Å². The highest BCUT2D eigenvalue weighted by Crippen LogP contribution is 2.24. The summed E-state index contributed by atoms with van der Waals surface area (Å²) in [6.07, 6.45) is 3.54. The number of nitrogens with one attached hydrogen (secondary N) is 1. The van der Waals surface area contributed by atoms with Crippen molar-refractivity contribution in [2.75, 3.05) is 0 Å². The second kappa shape index (κ2) is 4.23. The Morgan fingerprint density at radius 2 is 1.88 bits per heavy atom. The minimum absolute atomic E-state index is 0.826. The smallest absolute Gasteiger partial charge is 0.140 e. The summed E-state index contributed by atoms with van der Waals surface area (Å²) in [6.45, 7) is 0. The van der Waals surface area contributed by atoms with E-state index in [0.29, 0.717) is 0 Å². The van der Waals surface area contributed by atoms with E-state index in [-0.39, 0.29) is 0 Å². The first-order chi connectivity index (χ1) is 8.22. The lowest BCUT2D eigenvalue weighted by atomic mass is 10.3. The van der Waals surface area contributed by atoms with Crippen LogP contribution in [0.4, 0.5) is 0 Å². The number of benzene rings is 1. The van der Waals surface area contributed by atoms with E-state index in [1.54, 1.807) is 12.4 Å². The van der Waals surface area contributed by atoms with Crippen LogP contribution in [0.1, 0.15) is 0 Å². The molecular formula is C12H7Br2N3. The van der Waals surface area contributed by atoms with Crippen LogP contribution in [-0.4, -0.2) is 15.0 Å². The SMILES string of the molecule is Brc1cncc(-c2nc3ccc(Br)cc3[nH]2)c1. The van der Waals surface area contributed by atoms with Gasteiger partial charge in [0.05, 0.1) is 11.0 Å². The molecule has 0 unspecified atom stereocenters. The van der Waals surface area contributed by atoms with Gasteiger partial charge in [0.1, 0.15) is 5.82 Å². The molecule has 84 valence electrons. The highest BCUT2D eigenvalue weighted by Gasteiger charge is 2.06. The average Bonchev–Trinajstić information content (AvgIpc) is 2.72. The monoisotopic (exact) mass is 351 g/mol. The van der Waals surface area contributed by atoms with Crippen LogP contribution in [0.2, 0.25) is 0 Å². The Morgan fingerprint density at radius 1 is 1.00 bits per heavy atom. The van der Waals surface area contributed by atoms with Gasteiger partial charge < -0.3 is 4.98 Å². The molecular weight excluding hydrogens is 346 g/mol. The Bertz CT molecular complexity index is 691. The first-order valence-electron chi connectivity index (χ1n) is 4.98. The molecule has 0 atom stereocenters. The fourth-order valence-electron chi connectivity index (χ4n) is 1.66. The first-order valence-corrected chi connectivity index (χ1v) is 6.57. The van der Waals surface area contributed by atoms with Crippen molar-refractivity contribution in [2.24, 2.45) is 0 Å². The molecule has 0 radical (unpaired) electrons. The number of aromatic amines is 1. The molecule has 3 aromatic rings. The molecule has 0 aliphatic carbocycles. The fourth-order valence-corrected chi connectivity index (χ4v) is 2.39. The van der Waals surface area contributed by atoms with Gasteiger partial charge in [-0.25, -0.2) is 4.98 Å². The lowest BCUT2D eigenvalue weighted by Crippen LogP contribution is -1.82. The van der Waals surface area contributed by atoms with Crippen molar-refractivity contribution < 1.29 is 0 Å². The summed E-state index contributed by atoms with van der Waals surface area (Å²) in [5.74, 6) is 0.826. The molecule has 5 heteroatoms. The molecule has 0 aliphatic heterocycles. The van der Waals surface area contributed by atoms with Gasteiger partial charge in [-0.15, -0.1) is 0 Å². The van der Waals surface area contributed by atoms with Crippen LogP contribution in [0.15, 0.2) is 45.6 Å². The van der Waals surface area contributed by atoms with Crippen LogP contribution in [0.5, 0.6) is 0 Å². The summed E-state index contributed by atoms with van der Waals surface area (Å²) in [7, 11) is 0. The predicted molar refractivity (Wildman–Crippen MR) is 74.7 cm³/mol. The van der Waals surface area contributed by atoms with Crippen molar-refractivity contribution >= 4 is 42.9 Å². The van der Waals surface area contributed by atoms with Gasteiger partial charge in [0.15, 0.2) is 0 Å². The molecule has 2 heterocycles. The van der Waals surface area contributed by atoms with E-state index in [2.05, 4.69) is 46.8 Å². The van der Waals surface area contributed by atoms with Crippen molar-refractivity contribution in [1.29, 1.82) is 0 Å². The number of hydrogen-bond donors (Lipinski definition) is 1. The molecule has 0 saturated carbocycles. The number of rotatable bonds is 1. The zero-order chi connectivity index (χ0) is 11.8. The highest BCUT2D eigenvalue weighted by atomic mass is 79.9. The van der Waals surface area contributed by atoms with Gasteiger partial charge >= 0.3 is 0 Å². The van der Waals surface area contributed by atoms with Crippen LogP contribution in [-0.2, 0) is 0 Å². The van der Waals surface area contributed by atoms with E-state index in [0.717, 1.165) is 31.4 Å². The third-order valence-electron chi connectivity index (χ3n) is 2.42. The lowest BCUT2D eigenvalue weighted by molar-refractivity contribution is 1.26. The van der Waals surface area contributed by atoms with Gasteiger partial charge in [-0.1, -0.05) is 15.9 Å². The topological polar surface area (TPSA) is 41.6 Å². The normalized spacial score (nSPS) is 10.9. The Labute approximate surface area is 115 Å². The summed E-state index contributed by atoms with van der Waals surface area (Å²) in [6, 6.07) is 7.95. The van der Waals surface area contributed by atoms with Gasteiger partial charge in [0.25, 0.3) is 0 Å². The van der Waals surface area contributed by atoms with E-state index in [4.69, 9.17) is 0 Å². The molecule has 0 amide bonds. The maximum Gasteiger partial charge on any atom is 0.140 e. The summed E-state index contributed by atoms with van der Waals surface area (Å²) >= 11 is 6.85. The fraction of sp³-hybridized carbons (Fsp3) is 0. The number of fused-ring (bicyclic) bond motifs is 1. The standard InChI is InChI=1S/C12H7Br2N3/c13-8-1-2-10-11(4-8)17-12(16-10)7-3-9(14)6-15-5-7/h1-6H,(H,16,17). The molecule has 1 aromatic carbocycles. The van der Waals surface area contributed by atoms with Crippen molar-refractivity contribution in [1.82, 2.24) is 15.0 Å². The van der Waals surface area contributed by atoms with E-state index in [9.17, 15) is 0 Å². The molecule has 0 saturated heterocycles. The molecule has 0 fully saturated rings.